The van der Waals surface area contributed by atoms with Crippen molar-refractivity contribution >= 4 is 53.8 Å². The number of hydrogen-bond donors (Lipinski definition) is 0. The van der Waals surface area contributed by atoms with Crippen molar-refractivity contribution in [1.82, 2.24) is 4.90 Å². The molecule has 1 amide bonds. The highest BCUT2D eigenvalue weighted by Crippen LogP contribution is 2.67. The van der Waals surface area contributed by atoms with Crippen molar-refractivity contribution in [3.63, 3.8) is 0 Å². The highest BCUT2D eigenvalue weighted by molar-refractivity contribution is 6.99. The number of amides is 1. The lowest BCUT2D eigenvalue weighted by Crippen LogP contribution is -2.68. The van der Waals surface area contributed by atoms with Crippen LogP contribution in [-0.2, 0) is 18.8 Å². The van der Waals surface area contributed by atoms with Crippen molar-refractivity contribution in [2.24, 2.45) is 16.7 Å². The summed E-state index contributed by atoms with van der Waals surface area (Å²) in [6, 6.07) is 36.7. The molecule has 0 aromatic heterocycles. The van der Waals surface area contributed by atoms with Gasteiger partial charge in [0, 0.05) is 16.0 Å². The first-order chi connectivity index (χ1) is 24.9. The molecule has 0 radical (unpaired) electrons. The van der Waals surface area contributed by atoms with Crippen LogP contribution in [0.3, 0.4) is 0 Å². The van der Waals surface area contributed by atoms with E-state index in [4.69, 9.17) is 32.4 Å². The van der Waals surface area contributed by atoms with Gasteiger partial charge in [0.25, 0.3) is 8.32 Å². The van der Waals surface area contributed by atoms with Crippen LogP contribution < -0.4 is 10.4 Å². The summed E-state index contributed by atoms with van der Waals surface area (Å²) in [5.74, 6) is -0.201. The van der Waals surface area contributed by atoms with E-state index in [2.05, 4.69) is 92.4 Å². The Morgan fingerprint density at radius 2 is 1.44 bits per heavy atom. The smallest absolute Gasteiger partial charge is 0.312 e. The van der Waals surface area contributed by atoms with Crippen LogP contribution in [-0.4, -0.2) is 44.9 Å². The lowest BCUT2D eigenvalue weighted by atomic mass is 9.61. The molecule has 3 fully saturated rings. The zero-order chi connectivity index (χ0) is 36.9. The number of methoxy groups -OCH3 is 1. The van der Waals surface area contributed by atoms with Crippen LogP contribution in [0.1, 0.15) is 82.9 Å². The third kappa shape index (κ3) is 6.34. The Bertz CT molecular complexity index is 1870. The van der Waals surface area contributed by atoms with Crippen molar-refractivity contribution < 1.29 is 18.8 Å². The number of esters is 1. The molecular weight excluding hydrogens is 705 g/mol. The highest BCUT2D eigenvalue weighted by atomic mass is 35.5. The van der Waals surface area contributed by atoms with Crippen LogP contribution in [0.15, 0.2) is 109 Å². The normalized spacial score (nSPS) is 23.6. The minimum absolute atomic E-state index is 0.00317. The van der Waals surface area contributed by atoms with E-state index in [9.17, 15) is 4.79 Å². The Kier molecular flexibility index (Phi) is 10.0. The first kappa shape index (κ1) is 36.9. The molecule has 0 unspecified atom stereocenters. The average molecular weight is 755 g/mol. The van der Waals surface area contributed by atoms with E-state index >= 15 is 4.79 Å². The molecule has 0 spiro atoms. The number of rotatable bonds is 11. The predicted octanol–water partition coefficient (Wildman–Crippen LogP) is 9.37. The molecule has 2 aliphatic carbocycles. The van der Waals surface area contributed by atoms with E-state index in [0.29, 0.717) is 35.9 Å². The second-order valence-electron chi connectivity index (χ2n) is 16.4. The second kappa shape index (κ2) is 14.1. The predicted molar refractivity (Wildman–Crippen MR) is 212 cm³/mol. The van der Waals surface area contributed by atoms with Gasteiger partial charge in [-0.05, 0) is 95.7 Å². The molecule has 4 aromatic rings. The summed E-state index contributed by atoms with van der Waals surface area (Å²) in [5, 5.41) is 3.45. The number of benzene rings is 4. The maximum Gasteiger partial charge on any atom is 0.312 e. The van der Waals surface area contributed by atoms with Crippen molar-refractivity contribution in [3.8, 4) is 0 Å². The fourth-order valence-electron chi connectivity index (χ4n) is 9.29. The van der Waals surface area contributed by atoms with Gasteiger partial charge < -0.3 is 14.1 Å². The van der Waals surface area contributed by atoms with Gasteiger partial charge in [0.15, 0.2) is 0 Å². The number of halogens is 2. The minimum atomic E-state index is -2.94. The van der Waals surface area contributed by atoms with Gasteiger partial charge >= 0.3 is 5.97 Å². The van der Waals surface area contributed by atoms with Crippen LogP contribution in [0.5, 0.6) is 0 Å². The summed E-state index contributed by atoms with van der Waals surface area (Å²) < 4.78 is 13.1. The third-order valence-corrected chi connectivity index (χ3v) is 17.8. The van der Waals surface area contributed by atoms with E-state index in [1.807, 2.05) is 49.4 Å². The number of hydrogen-bond acceptors (Lipinski definition) is 4. The third-order valence-electron chi connectivity index (χ3n) is 12.3. The molecule has 7 rings (SSSR count). The topological polar surface area (TPSA) is 55.8 Å². The van der Waals surface area contributed by atoms with Gasteiger partial charge in [0.1, 0.15) is 0 Å². The van der Waals surface area contributed by atoms with Gasteiger partial charge in [0.2, 0.25) is 5.91 Å². The molecule has 1 heterocycles. The lowest BCUT2D eigenvalue weighted by molar-refractivity contribution is -0.173. The first-order valence-electron chi connectivity index (χ1n) is 18.5. The van der Waals surface area contributed by atoms with Crippen molar-refractivity contribution in [3.05, 3.63) is 130 Å². The van der Waals surface area contributed by atoms with E-state index in [1.165, 1.54) is 17.5 Å². The largest absolute Gasteiger partial charge is 0.469 e. The second-order valence-corrected chi connectivity index (χ2v) is 21.5. The summed E-state index contributed by atoms with van der Waals surface area (Å²) in [4.78, 5) is 31.5. The van der Waals surface area contributed by atoms with Crippen LogP contribution >= 0.6 is 23.2 Å². The van der Waals surface area contributed by atoms with Crippen LogP contribution in [0.2, 0.25) is 15.1 Å². The van der Waals surface area contributed by atoms with Gasteiger partial charge in [-0.15, -0.1) is 0 Å². The molecule has 52 heavy (non-hydrogen) atoms. The maximum atomic E-state index is 15.7. The molecule has 4 atom stereocenters. The Hall–Kier alpha value is -3.42. The lowest BCUT2D eigenvalue weighted by Gasteiger charge is -2.54. The molecule has 3 aliphatic rings. The number of carbonyl (C=O) groups is 2. The number of carbonyl (C=O) groups excluding carboxylic acids is 2. The summed E-state index contributed by atoms with van der Waals surface area (Å²) in [7, 11) is -1.51. The minimum Gasteiger partial charge on any atom is -0.469 e. The molecule has 0 N–H and O–H groups in total. The standard InChI is InChI=1S/C44H49Cl2NO4Si/c1-42(2,3)52(35-15-8-6-9-16-35,36-17-10-7-11-18-36)51-29-38(30-19-20-30)47-39(31-21-23-33(45)24-22-31)37(32-13-12-14-34(46)27-32)28-43(4,40(47)48)44(25-26-44)41(49)50-5/h6-18,21-24,27,30,37-39H,19-20,25-26,28-29H2,1-5H3/t37-,38-,39-,43-/m1/s1. The zero-order valence-corrected chi connectivity index (χ0v) is 33.3. The number of likely N-dealkylation sites (tertiary alicyclic amines) is 1. The molecule has 8 heteroatoms. The molecule has 2 saturated carbocycles. The van der Waals surface area contributed by atoms with Crippen LogP contribution in [0, 0.1) is 16.7 Å². The number of piperidine rings is 1. The molecule has 5 nitrogen and oxygen atoms in total. The van der Waals surface area contributed by atoms with Gasteiger partial charge in [-0.1, -0.05) is 129 Å². The average Bonchev–Trinajstić information content (AvgIpc) is 4.08. The quantitative estimate of drug-likeness (QED) is 0.113. The van der Waals surface area contributed by atoms with Crippen molar-refractivity contribution in [2.75, 3.05) is 13.7 Å². The molecule has 1 aliphatic heterocycles. The summed E-state index contributed by atoms with van der Waals surface area (Å²) in [6.45, 7) is 9.24. The first-order valence-corrected chi connectivity index (χ1v) is 21.2. The Labute approximate surface area is 319 Å². The van der Waals surface area contributed by atoms with Gasteiger partial charge in [0.05, 0.1) is 36.6 Å². The SMILES string of the molecule is COC(=O)C1([C@]2(C)C[C@H](c3cccc(Cl)c3)[C@@H](c3ccc(Cl)cc3)N([C@H](CO[Si](c3ccccc3)(c3ccccc3)C(C)(C)C)C3CC3)C2=O)CC1. The van der Waals surface area contributed by atoms with Gasteiger partial charge in [-0.25, -0.2) is 0 Å². The van der Waals surface area contributed by atoms with E-state index < -0.39 is 19.1 Å². The number of ether oxygens (including phenoxy) is 1. The summed E-state index contributed by atoms with van der Waals surface area (Å²) in [5.41, 5.74) is 0.162. The highest BCUT2D eigenvalue weighted by Gasteiger charge is 2.70. The van der Waals surface area contributed by atoms with E-state index in [0.717, 1.165) is 24.0 Å². The molecular formula is C44H49Cl2NO4Si. The van der Waals surface area contributed by atoms with Gasteiger partial charge in [-0.2, -0.15) is 0 Å². The van der Waals surface area contributed by atoms with Crippen molar-refractivity contribution in [2.45, 2.75) is 82.8 Å². The number of nitrogens with zero attached hydrogens (tertiary/aromatic N) is 1. The summed E-state index contributed by atoms with van der Waals surface area (Å²) in [6.07, 6.45) is 3.74. The van der Waals surface area contributed by atoms with Gasteiger partial charge in [-0.3, -0.25) is 9.59 Å². The van der Waals surface area contributed by atoms with Crippen LogP contribution in [0.4, 0.5) is 0 Å². The molecule has 0 bridgehead atoms. The molecule has 1 saturated heterocycles. The Balaban J connectivity index is 1.41. The Morgan fingerprint density at radius 1 is 0.846 bits per heavy atom. The van der Waals surface area contributed by atoms with E-state index in [1.54, 1.807) is 0 Å². The molecule has 4 aromatic carbocycles. The fourth-order valence-corrected chi connectivity index (χ4v) is 14.2. The summed E-state index contributed by atoms with van der Waals surface area (Å²) >= 11 is 13.2. The molecule has 272 valence electrons. The monoisotopic (exact) mass is 753 g/mol. The maximum absolute atomic E-state index is 15.7. The Morgan fingerprint density at radius 3 is 1.94 bits per heavy atom. The van der Waals surface area contributed by atoms with E-state index in [-0.39, 0.29) is 40.8 Å². The van der Waals surface area contributed by atoms with Crippen LogP contribution in [0.25, 0.3) is 0 Å². The zero-order valence-electron chi connectivity index (χ0n) is 30.8. The van der Waals surface area contributed by atoms with Crippen molar-refractivity contribution in [1.29, 1.82) is 0 Å². The fraction of sp³-hybridized carbons (Fsp3) is 0.409.